The molecule has 14 heteroatoms. The van der Waals surface area contributed by atoms with E-state index in [0.717, 1.165) is 17.6 Å². The highest BCUT2D eigenvalue weighted by Gasteiger charge is 2.48. The number of thiazole rings is 1. The second-order valence-electron chi connectivity index (χ2n) is 6.98. The summed E-state index contributed by atoms with van der Waals surface area (Å²) < 4.78 is 29.6. The molecule has 0 spiro atoms. The molecule has 32 heavy (non-hydrogen) atoms. The number of aliphatic hydroxyl groups excluding tert-OH is 3. The zero-order valence-corrected chi connectivity index (χ0v) is 18.8. The van der Waals surface area contributed by atoms with E-state index in [9.17, 15) is 38.7 Å². The Morgan fingerprint density at radius 2 is 1.88 bits per heavy atom. The molecule has 0 saturated carbocycles. The van der Waals surface area contributed by atoms with E-state index < -0.39 is 40.0 Å². The van der Waals surface area contributed by atoms with Crippen molar-refractivity contribution in [1.82, 2.24) is 10.3 Å². The minimum atomic E-state index is -3.64. The number of phenolic OH excluding ortho intramolecular Hbond substituents is 1. The van der Waals surface area contributed by atoms with Gasteiger partial charge < -0.3 is 35.6 Å². The standard InChI is InChI=1S/C18H25N3O9S2/c1-30-8-7-13(23)15(25)18(27,14(24)10-3-5-11(22)6-4-10)20-16(26)12-9-31-17(19-12)21-32(2,28)29/h3-6,9,13-15,22-25,27H,7-8H2,1-2H3,(H,19,21)(H,20,26). The van der Waals surface area contributed by atoms with E-state index >= 15 is 0 Å². The monoisotopic (exact) mass is 491 g/mol. The number of methoxy groups -OCH3 is 1. The van der Waals surface area contributed by atoms with Gasteiger partial charge in [0.1, 0.15) is 23.7 Å². The molecule has 2 rings (SSSR count). The normalized spacial score (nSPS) is 16.6. The number of anilines is 1. The number of rotatable bonds is 11. The Bertz CT molecular complexity index is 1010. The number of aromatic hydroxyl groups is 1. The lowest BCUT2D eigenvalue weighted by atomic mass is 9.89. The Labute approximate surface area is 188 Å². The first-order valence-corrected chi connectivity index (χ1v) is 11.9. The number of carbonyl (C=O) groups is 1. The molecule has 4 atom stereocenters. The molecule has 1 aromatic carbocycles. The number of hydrogen-bond donors (Lipinski definition) is 7. The van der Waals surface area contributed by atoms with Crippen molar-refractivity contribution in [2.45, 2.75) is 30.5 Å². The maximum Gasteiger partial charge on any atom is 0.273 e. The number of aromatic nitrogens is 1. The van der Waals surface area contributed by atoms with Crippen LogP contribution >= 0.6 is 11.3 Å². The molecule has 0 aliphatic heterocycles. The van der Waals surface area contributed by atoms with Gasteiger partial charge in [-0.25, -0.2) is 13.4 Å². The fraction of sp³-hybridized carbons (Fsp3) is 0.444. The molecular formula is C18H25N3O9S2. The van der Waals surface area contributed by atoms with Crippen LogP contribution in [0.1, 0.15) is 28.6 Å². The number of nitrogens with one attached hydrogen (secondary N) is 2. The highest BCUT2D eigenvalue weighted by Crippen LogP contribution is 2.31. The van der Waals surface area contributed by atoms with Gasteiger partial charge in [0.2, 0.25) is 10.0 Å². The first-order chi connectivity index (χ1) is 14.9. The van der Waals surface area contributed by atoms with E-state index in [2.05, 4.69) is 15.0 Å². The van der Waals surface area contributed by atoms with Crippen LogP contribution in [0.15, 0.2) is 29.6 Å². The summed E-state index contributed by atoms with van der Waals surface area (Å²) in [6, 6.07) is 4.95. The van der Waals surface area contributed by atoms with Crippen molar-refractivity contribution in [1.29, 1.82) is 0 Å². The number of hydrogen-bond acceptors (Lipinski definition) is 11. The number of aliphatic hydroxyl groups is 4. The van der Waals surface area contributed by atoms with Crippen molar-refractivity contribution >= 4 is 32.4 Å². The van der Waals surface area contributed by atoms with Gasteiger partial charge in [0, 0.05) is 19.1 Å². The quantitative estimate of drug-likeness (QED) is 0.194. The first kappa shape index (κ1) is 25.9. The van der Waals surface area contributed by atoms with Gasteiger partial charge >= 0.3 is 0 Å². The second kappa shape index (κ2) is 10.5. The van der Waals surface area contributed by atoms with Gasteiger partial charge in [0.25, 0.3) is 5.91 Å². The number of phenols is 1. The van der Waals surface area contributed by atoms with Crippen molar-refractivity contribution in [3.63, 3.8) is 0 Å². The number of ether oxygens (including phenoxy) is 1. The van der Waals surface area contributed by atoms with E-state index in [1.54, 1.807) is 0 Å². The van der Waals surface area contributed by atoms with Gasteiger partial charge in [-0.05, 0) is 24.1 Å². The lowest BCUT2D eigenvalue weighted by Gasteiger charge is -2.39. The fourth-order valence-electron chi connectivity index (χ4n) is 2.73. The highest BCUT2D eigenvalue weighted by molar-refractivity contribution is 7.92. The largest absolute Gasteiger partial charge is 0.508 e. The topological polar surface area (TPSA) is 199 Å². The van der Waals surface area contributed by atoms with Crippen LogP contribution < -0.4 is 10.0 Å². The van der Waals surface area contributed by atoms with Crippen molar-refractivity contribution in [2.24, 2.45) is 0 Å². The van der Waals surface area contributed by atoms with Crippen molar-refractivity contribution in [3.8, 4) is 5.75 Å². The Hall–Kier alpha value is -2.33. The minimum Gasteiger partial charge on any atom is -0.508 e. The third-order valence-corrected chi connectivity index (χ3v) is 5.83. The van der Waals surface area contributed by atoms with E-state index in [1.807, 2.05) is 0 Å². The number of benzene rings is 1. The zero-order chi connectivity index (χ0) is 24.1. The summed E-state index contributed by atoms with van der Waals surface area (Å²) in [4.78, 5) is 16.5. The summed E-state index contributed by atoms with van der Waals surface area (Å²) >= 11 is 0.800. The lowest BCUT2D eigenvalue weighted by Crippen LogP contribution is -2.64. The van der Waals surface area contributed by atoms with Crippen molar-refractivity contribution in [3.05, 3.63) is 40.9 Å². The van der Waals surface area contributed by atoms with Crippen molar-refractivity contribution < 1.29 is 43.5 Å². The summed E-state index contributed by atoms with van der Waals surface area (Å²) in [6.45, 7) is 0.0180. The molecule has 2 aromatic rings. The van der Waals surface area contributed by atoms with Crippen LogP contribution in [0.2, 0.25) is 0 Å². The number of carbonyl (C=O) groups excluding carboxylic acids is 1. The molecule has 0 radical (unpaired) electrons. The molecule has 1 heterocycles. The van der Waals surface area contributed by atoms with Crippen LogP contribution in [0.3, 0.4) is 0 Å². The Morgan fingerprint density at radius 3 is 2.44 bits per heavy atom. The minimum absolute atomic E-state index is 0.0151. The Kier molecular flexibility index (Phi) is 8.53. The van der Waals surface area contributed by atoms with Gasteiger partial charge in [-0.1, -0.05) is 12.1 Å². The summed E-state index contributed by atoms with van der Waals surface area (Å²) in [5.74, 6) is -1.18. The number of nitrogens with zero attached hydrogens (tertiary/aromatic N) is 1. The van der Waals surface area contributed by atoms with Crippen LogP contribution in [-0.4, -0.2) is 82.7 Å². The molecule has 7 N–H and O–H groups in total. The molecule has 178 valence electrons. The first-order valence-electron chi connectivity index (χ1n) is 9.17. The predicted molar refractivity (Wildman–Crippen MR) is 115 cm³/mol. The molecule has 4 unspecified atom stereocenters. The van der Waals surface area contributed by atoms with Crippen LogP contribution in [0.25, 0.3) is 0 Å². The summed E-state index contributed by atoms with van der Waals surface area (Å²) in [6.07, 6.45) is -4.84. The Morgan fingerprint density at radius 1 is 1.25 bits per heavy atom. The SMILES string of the molecule is COCCC(O)C(O)C(O)(NC(=O)c1csc(NS(C)(=O)=O)n1)C(O)c1ccc(O)cc1. The van der Waals surface area contributed by atoms with Gasteiger partial charge in [0.05, 0.1) is 12.4 Å². The average Bonchev–Trinajstić information content (AvgIpc) is 3.18. The number of amides is 1. The van der Waals surface area contributed by atoms with Crippen LogP contribution in [-0.2, 0) is 14.8 Å². The predicted octanol–water partition coefficient (Wildman–Crippen LogP) is -0.870. The molecule has 0 saturated heterocycles. The molecule has 1 aromatic heterocycles. The zero-order valence-electron chi connectivity index (χ0n) is 17.2. The van der Waals surface area contributed by atoms with Gasteiger partial charge in [-0.15, -0.1) is 11.3 Å². The lowest BCUT2D eigenvalue weighted by molar-refractivity contribution is -0.192. The molecule has 0 bridgehead atoms. The molecule has 12 nitrogen and oxygen atoms in total. The van der Waals surface area contributed by atoms with Gasteiger partial charge in [-0.3, -0.25) is 9.52 Å². The van der Waals surface area contributed by atoms with Gasteiger partial charge in [-0.2, -0.15) is 0 Å². The van der Waals surface area contributed by atoms with E-state index in [4.69, 9.17) is 4.74 Å². The molecular weight excluding hydrogens is 466 g/mol. The Balaban J connectivity index is 2.35. The van der Waals surface area contributed by atoms with Gasteiger partial charge in [0.15, 0.2) is 10.9 Å². The smallest absolute Gasteiger partial charge is 0.273 e. The van der Waals surface area contributed by atoms with Crippen LogP contribution in [0.4, 0.5) is 5.13 Å². The molecule has 0 fully saturated rings. The van der Waals surface area contributed by atoms with Crippen molar-refractivity contribution in [2.75, 3.05) is 24.7 Å². The van der Waals surface area contributed by atoms with E-state index in [0.29, 0.717) is 0 Å². The summed E-state index contributed by atoms with van der Waals surface area (Å²) in [5.41, 5.74) is -3.09. The molecule has 0 aliphatic carbocycles. The highest BCUT2D eigenvalue weighted by atomic mass is 32.2. The fourth-order valence-corrected chi connectivity index (χ4v) is 4.28. The average molecular weight is 492 g/mol. The maximum absolute atomic E-state index is 12.7. The number of sulfonamides is 1. The second-order valence-corrected chi connectivity index (χ2v) is 9.59. The van der Waals surface area contributed by atoms with Crippen LogP contribution in [0.5, 0.6) is 5.75 Å². The molecule has 0 aliphatic rings. The third kappa shape index (κ3) is 6.59. The van der Waals surface area contributed by atoms with E-state index in [1.165, 1.54) is 36.8 Å². The maximum atomic E-state index is 12.7. The third-order valence-electron chi connectivity index (χ3n) is 4.38. The van der Waals surface area contributed by atoms with E-state index in [-0.39, 0.29) is 35.2 Å². The van der Waals surface area contributed by atoms with Crippen LogP contribution in [0, 0.1) is 0 Å². The molecule has 1 amide bonds. The summed E-state index contributed by atoms with van der Waals surface area (Å²) in [7, 11) is -2.28. The summed E-state index contributed by atoms with van der Waals surface area (Å²) in [5, 5.41) is 55.4.